The van der Waals surface area contributed by atoms with Crippen LogP contribution in [0.25, 0.3) is 0 Å². The lowest BCUT2D eigenvalue weighted by Gasteiger charge is -2.16. The number of nitrogens with zero attached hydrogens (tertiary/aromatic N) is 1. The van der Waals surface area contributed by atoms with Gasteiger partial charge in [-0.1, -0.05) is 6.07 Å². The van der Waals surface area contributed by atoms with Crippen LogP contribution in [0.15, 0.2) is 23.2 Å². The molecule has 0 aromatic heterocycles. The van der Waals surface area contributed by atoms with Gasteiger partial charge in [-0.2, -0.15) is 8.78 Å². The third-order valence-electron chi connectivity index (χ3n) is 3.65. The molecule has 1 heterocycles. The first-order valence-corrected chi connectivity index (χ1v) is 7.80. The summed E-state index contributed by atoms with van der Waals surface area (Å²) in [6, 6.07) is 4.89. The van der Waals surface area contributed by atoms with Gasteiger partial charge in [-0.3, -0.25) is 4.99 Å². The Kier molecular flexibility index (Phi) is 9.79. The minimum absolute atomic E-state index is 0. The summed E-state index contributed by atoms with van der Waals surface area (Å²) in [6.07, 6.45) is 2.32. The van der Waals surface area contributed by atoms with E-state index in [9.17, 15) is 8.78 Å². The van der Waals surface area contributed by atoms with E-state index in [2.05, 4.69) is 20.4 Å². The van der Waals surface area contributed by atoms with Crippen molar-refractivity contribution in [1.29, 1.82) is 0 Å². The fraction of sp³-hybridized carbons (Fsp3) is 0.562. The van der Waals surface area contributed by atoms with Gasteiger partial charge < -0.3 is 24.8 Å². The van der Waals surface area contributed by atoms with Crippen molar-refractivity contribution in [3.05, 3.63) is 23.8 Å². The van der Waals surface area contributed by atoms with Gasteiger partial charge in [0.15, 0.2) is 17.5 Å². The maximum absolute atomic E-state index is 12.5. The van der Waals surface area contributed by atoms with E-state index < -0.39 is 6.61 Å². The van der Waals surface area contributed by atoms with Gasteiger partial charge in [0.2, 0.25) is 0 Å². The average molecular weight is 471 g/mol. The summed E-state index contributed by atoms with van der Waals surface area (Å²) in [6.45, 7) is -1.00. The quantitative estimate of drug-likeness (QED) is 0.364. The van der Waals surface area contributed by atoms with Crippen molar-refractivity contribution in [2.45, 2.75) is 32.1 Å². The first-order chi connectivity index (χ1) is 11.6. The SMILES string of the molecule is CN=C(NCc1ccc(OC)c(OC(F)F)c1)NCC1CCCO1.I. The van der Waals surface area contributed by atoms with Gasteiger partial charge in [0.05, 0.1) is 13.2 Å². The van der Waals surface area contributed by atoms with Gasteiger partial charge >= 0.3 is 6.61 Å². The van der Waals surface area contributed by atoms with E-state index >= 15 is 0 Å². The second kappa shape index (κ2) is 11.3. The maximum Gasteiger partial charge on any atom is 0.387 e. The summed E-state index contributed by atoms with van der Waals surface area (Å²) in [5.74, 6) is 0.895. The standard InChI is InChI=1S/C16H23F2N3O3.HI/c1-19-16(21-10-12-4-3-7-23-12)20-9-11-5-6-13(22-2)14(8-11)24-15(17)18;/h5-6,8,12,15H,3-4,7,9-10H2,1-2H3,(H2,19,20,21);1H. The minimum atomic E-state index is -2.90. The van der Waals surface area contributed by atoms with Gasteiger partial charge in [0.1, 0.15) is 0 Å². The molecule has 2 rings (SSSR count). The van der Waals surface area contributed by atoms with Crippen LogP contribution in [0.2, 0.25) is 0 Å². The largest absolute Gasteiger partial charge is 0.493 e. The van der Waals surface area contributed by atoms with Gasteiger partial charge in [0.25, 0.3) is 0 Å². The van der Waals surface area contributed by atoms with E-state index in [1.165, 1.54) is 13.2 Å². The van der Waals surface area contributed by atoms with Crippen LogP contribution in [0.5, 0.6) is 11.5 Å². The maximum atomic E-state index is 12.5. The van der Waals surface area contributed by atoms with Crippen molar-refractivity contribution in [1.82, 2.24) is 10.6 Å². The number of methoxy groups -OCH3 is 1. The van der Waals surface area contributed by atoms with Crippen molar-refractivity contribution < 1.29 is 23.0 Å². The van der Waals surface area contributed by atoms with E-state index in [1.807, 2.05) is 0 Å². The molecule has 0 radical (unpaired) electrons. The Hall–Kier alpha value is -1.36. The normalized spacial score (nSPS) is 17.2. The molecule has 0 bridgehead atoms. The van der Waals surface area contributed by atoms with Crippen molar-refractivity contribution in [3.63, 3.8) is 0 Å². The number of nitrogens with one attached hydrogen (secondary N) is 2. The Balaban J connectivity index is 0.00000312. The first kappa shape index (κ1) is 21.7. The molecule has 1 fully saturated rings. The Morgan fingerprint density at radius 1 is 1.36 bits per heavy atom. The molecule has 0 aliphatic carbocycles. The number of aliphatic imine (C=N–C) groups is 1. The van der Waals surface area contributed by atoms with Crippen LogP contribution in [0.4, 0.5) is 8.78 Å². The molecule has 1 atom stereocenters. The topological polar surface area (TPSA) is 64.1 Å². The Morgan fingerprint density at radius 2 is 2.16 bits per heavy atom. The molecule has 1 aliphatic heterocycles. The number of alkyl halides is 2. The highest BCUT2D eigenvalue weighted by molar-refractivity contribution is 14.0. The lowest BCUT2D eigenvalue weighted by Crippen LogP contribution is -2.40. The molecule has 1 aliphatic rings. The number of hydrogen-bond donors (Lipinski definition) is 2. The fourth-order valence-corrected chi connectivity index (χ4v) is 2.44. The molecule has 9 heteroatoms. The Labute approximate surface area is 163 Å². The van der Waals surface area contributed by atoms with Crippen LogP contribution in [-0.4, -0.2) is 46.0 Å². The number of ether oxygens (including phenoxy) is 3. The Morgan fingerprint density at radius 3 is 2.76 bits per heavy atom. The van der Waals surface area contributed by atoms with Crippen LogP contribution in [0.1, 0.15) is 18.4 Å². The van der Waals surface area contributed by atoms with E-state index in [4.69, 9.17) is 9.47 Å². The molecular weight excluding hydrogens is 447 g/mol. The summed E-state index contributed by atoms with van der Waals surface area (Å²) < 4.78 is 39.9. The van der Waals surface area contributed by atoms with Crippen molar-refractivity contribution in [2.75, 3.05) is 27.3 Å². The van der Waals surface area contributed by atoms with E-state index in [0.29, 0.717) is 19.0 Å². The minimum Gasteiger partial charge on any atom is -0.493 e. The molecule has 1 aromatic carbocycles. The lowest BCUT2D eigenvalue weighted by molar-refractivity contribution is -0.0512. The lowest BCUT2D eigenvalue weighted by atomic mass is 10.2. The smallest absolute Gasteiger partial charge is 0.387 e. The zero-order valence-electron chi connectivity index (χ0n) is 14.3. The highest BCUT2D eigenvalue weighted by Gasteiger charge is 2.15. The number of hydrogen-bond acceptors (Lipinski definition) is 4. The molecule has 0 amide bonds. The van der Waals surface area contributed by atoms with Gasteiger partial charge in [-0.25, -0.2) is 0 Å². The average Bonchev–Trinajstić information content (AvgIpc) is 3.08. The van der Waals surface area contributed by atoms with Crippen molar-refractivity contribution in [3.8, 4) is 11.5 Å². The highest BCUT2D eigenvalue weighted by Crippen LogP contribution is 2.29. The number of benzene rings is 1. The van der Waals surface area contributed by atoms with E-state index in [0.717, 1.165) is 25.0 Å². The van der Waals surface area contributed by atoms with E-state index in [1.54, 1.807) is 19.2 Å². The van der Waals surface area contributed by atoms with Gasteiger partial charge in [-0.05, 0) is 30.5 Å². The summed E-state index contributed by atoms with van der Waals surface area (Å²) in [7, 11) is 3.08. The molecule has 0 spiro atoms. The van der Waals surface area contributed by atoms with Crippen LogP contribution in [-0.2, 0) is 11.3 Å². The van der Waals surface area contributed by atoms with Gasteiger partial charge in [-0.15, -0.1) is 24.0 Å². The summed E-state index contributed by atoms with van der Waals surface area (Å²) in [5.41, 5.74) is 0.770. The second-order valence-electron chi connectivity index (χ2n) is 5.31. The second-order valence-corrected chi connectivity index (χ2v) is 5.31. The molecule has 1 saturated heterocycles. The van der Waals surface area contributed by atoms with Crippen molar-refractivity contribution >= 4 is 29.9 Å². The molecule has 25 heavy (non-hydrogen) atoms. The van der Waals surface area contributed by atoms with E-state index in [-0.39, 0.29) is 41.6 Å². The molecule has 142 valence electrons. The Bertz CT molecular complexity index is 555. The summed E-state index contributed by atoms with van der Waals surface area (Å²) in [4.78, 5) is 4.13. The zero-order valence-corrected chi connectivity index (χ0v) is 16.6. The number of guanidine groups is 1. The van der Waals surface area contributed by atoms with Crippen LogP contribution in [0.3, 0.4) is 0 Å². The summed E-state index contributed by atoms with van der Waals surface area (Å²) in [5, 5.41) is 6.32. The number of rotatable bonds is 7. The molecule has 2 N–H and O–H groups in total. The molecular formula is C16H24F2IN3O3. The van der Waals surface area contributed by atoms with Gasteiger partial charge in [0, 0.05) is 26.7 Å². The van der Waals surface area contributed by atoms with Crippen LogP contribution >= 0.6 is 24.0 Å². The first-order valence-electron chi connectivity index (χ1n) is 7.80. The summed E-state index contributed by atoms with van der Waals surface area (Å²) >= 11 is 0. The fourth-order valence-electron chi connectivity index (χ4n) is 2.44. The zero-order chi connectivity index (χ0) is 17.4. The van der Waals surface area contributed by atoms with Crippen LogP contribution < -0.4 is 20.1 Å². The monoisotopic (exact) mass is 471 g/mol. The third-order valence-corrected chi connectivity index (χ3v) is 3.65. The molecule has 1 aromatic rings. The molecule has 1 unspecified atom stereocenters. The molecule has 0 saturated carbocycles. The predicted octanol–water partition coefficient (Wildman–Crippen LogP) is 2.76. The molecule has 6 nitrogen and oxygen atoms in total. The predicted molar refractivity (Wildman–Crippen MR) is 102 cm³/mol. The highest BCUT2D eigenvalue weighted by atomic mass is 127. The third kappa shape index (κ3) is 7.18. The number of halogens is 3. The van der Waals surface area contributed by atoms with Crippen LogP contribution in [0, 0.1) is 0 Å². The van der Waals surface area contributed by atoms with Crippen molar-refractivity contribution in [2.24, 2.45) is 4.99 Å².